The Morgan fingerprint density at radius 3 is 3.14 bits per heavy atom. The summed E-state index contributed by atoms with van der Waals surface area (Å²) in [6.07, 6.45) is 4.86. The predicted molar refractivity (Wildman–Crippen MR) is 82.6 cm³/mol. The molecule has 1 saturated carbocycles. The Balaban J connectivity index is 1.61. The molecule has 1 N–H and O–H groups in total. The minimum atomic E-state index is -0.605. The minimum Gasteiger partial charge on any atom is -0.481 e. The first-order valence-corrected chi connectivity index (χ1v) is 7.98. The van der Waals surface area contributed by atoms with E-state index in [4.69, 9.17) is 0 Å². The van der Waals surface area contributed by atoms with Crippen molar-refractivity contribution in [2.75, 3.05) is 13.1 Å². The van der Waals surface area contributed by atoms with Crippen LogP contribution in [0.3, 0.4) is 0 Å². The molecule has 1 aliphatic carbocycles. The van der Waals surface area contributed by atoms with E-state index in [0.29, 0.717) is 12.5 Å². The average Bonchev–Trinajstić information content (AvgIpc) is 3.12. The molecule has 5 nitrogen and oxygen atoms in total. The third-order valence-corrected chi connectivity index (χ3v) is 5.55. The highest BCUT2D eigenvalue weighted by molar-refractivity contribution is 5.76. The topological polar surface area (TPSA) is 57.8 Å². The number of nitrogens with zero attached hydrogens (tertiary/aromatic N) is 3. The van der Waals surface area contributed by atoms with E-state index in [9.17, 15) is 9.90 Å². The normalized spacial score (nSPS) is 28.3. The van der Waals surface area contributed by atoms with Crippen LogP contribution in [0.1, 0.15) is 30.7 Å². The molecule has 4 rings (SSSR count). The van der Waals surface area contributed by atoms with Crippen LogP contribution in [0.4, 0.5) is 0 Å². The van der Waals surface area contributed by atoms with Crippen LogP contribution >= 0.6 is 0 Å². The molecule has 1 aliphatic heterocycles. The number of fused-ring (bicyclic) bond motifs is 2. The first-order chi connectivity index (χ1) is 10.6. The summed E-state index contributed by atoms with van der Waals surface area (Å²) in [5, 5.41) is 9.69. The van der Waals surface area contributed by atoms with Gasteiger partial charge in [-0.2, -0.15) is 0 Å². The zero-order chi connectivity index (χ0) is 15.3. The molecule has 0 unspecified atom stereocenters. The van der Waals surface area contributed by atoms with Crippen molar-refractivity contribution in [3.05, 3.63) is 35.8 Å². The number of aryl methyl sites for hydroxylation is 1. The molecule has 2 aliphatic rings. The molecule has 1 saturated heterocycles. The lowest BCUT2D eigenvalue weighted by atomic mass is 9.81. The van der Waals surface area contributed by atoms with Gasteiger partial charge in [-0.3, -0.25) is 9.69 Å². The van der Waals surface area contributed by atoms with Gasteiger partial charge in [0.05, 0.1) is 17.3 Å². The predicted octanol–water partition coefficient (Wildman–Crippen LogP) is 2.33. The smallest absolute Gasteiger partial charge is 0.311 e. The fourth-order valence-corrected chi connectivity index (χ4v) is 4.48. The summed E-state index contributed by atoms with van der Waals surface area (Å²) in [5.41, 5.74) is 2.77. The number of aromatic nitrogens is 2. The molecule has 2 aromatic rings. The van der Waals surface area contributed by atoms with Crippen LogP contribution in [0.2, 0.25) is 0 Å². The second-order valence-electron chi connectivity index (χ2n) is 6.83. The van der Waals surface area contributed by atoms with Gasteiger partial charge in [0.1, 0.15) is 5.65 Å². The fraction of sp³-hybridized carbons (Fsp3) is 0.529. The van der Waals surface area contributed by atoms with E-state index >= 15 is 0 Å². The number of rotatable bonds is 3. The van der Waals surface area contributed by atoms with Crippen molar-refractivity contribution in [2.24, 2.45) is 11.3 Å². The molecule has 0 bridgehead atoms. The Labute approximate surface area is 129 Å². The Hall–Kier alpha value is -1.88. The van der Waals surface area contributed by atoms with E-state index in [-0.39, 0.29) is 0 Å². The number of imidazole rings is 1. The van der Waals surface area contributed by atoms with Crippen molar-refractivity contribution in [3.63, 3.8) is 0 Å². The molecule has 3 heterocycles. The number of hydrogen-bond donors (Lipinski definition) is 1. The van der Waals surface area contributed by atoms with Crippen LogP contribution in [0.15, 0.2) is 24.4 Å². The maximum absolute atomic E-state index is 11.8. The van der Waals surface area contributed by atoms with Gasteiger partial charge in [0.25, 0.3) is 0 Å². The van der Waals surface area contributed by atoms with Crippen LogP contribution in [0.5, 0.6) is 0 Å². The maximum Gasteiger partial charge on any atom is 0.311 e. The number of likely N-dealkylation sites (tertiary alicyclic amines) is 1. The zero-order valence-corrected chi connectivity index (χ0v) is 12.8. The summed E-state index contributed by atoms with van der Waals surface area (Å²) < 4.78 is 2.17. The van der Waals surface area contributed by atoms with Crippen LogP contribution < -0.4 is 0 Å². The number of carbonyl (C=O) groups is 1. The summed E-state index contributed by atoms with van der Waals surface area (Å²) in [6, 6.07) is 6.10. The van der Waals surface area contributed by atoms with E-state index in [1.165, 1.54) is 0 Å². The summed E-state index contributed by atoms with van der Waals surface area (Å²) >= 11 is 0. The molecular formula is C17H21N3O2. The highest BCUT2D eigenvalue weighted by atomic mass is 16.4. The molecular weight excluding hydrogens is 278 g/mol. The van der Waals surface area contributed by atoms with Crippen LogP contribution in [-0.4, -0.2) is 38.4 Å². The van der Waals surface area contributed by atoms with Crippen LogP contribution in [0.25, 0.3) is 5.65 Å². The lowest BCUT2D eigenvalue weighted by molar-refractivity contribution is -0.149. The molecule has 22 heavy (non-hydrogen) atoms. The number of aliphatic carboxylic acids is 1. The van der Waals surface area contributed by atoms with E-state index in [2.05, 4.69) is 27.3 Å². The summed E-state index contributed by atoms with van der Waals surface area (Å²) in [4.78, 5) is 18.5. The zero-order valence-electron chi connectivity index (χ0n) is 12.8. The standard InChI is InChI=1S/C17H21N3O2/c1-12-4-2-6-15-18-8-14(20(12)15)10-19-9-13-5-3-7-17(13,11-19)16(21)22/h2,4,6,8,13H,3,5,7,9-11H2,1H3,(H,21,22)/t13-,17+/m0/s1. The monoisotopic (exact) mass is 299 g/mol. The van der Waals surface area contributed by atoms with Gasteiger partial charge in [-0.1, -0.05) is 12.5 Å². The first kappa shape index (κ1) is 13.8. The Bertz CT molecular complexity index is 739. The summed E-state index contributed by atoms with van der Waals surface area (Å²) in [6.45, 7) is 4.42. The van der Waals surface area contributed by atoms with Crippen molar-refractivity contribution in [1.82, 2.24) is 14.3 Å². The van der Waals surface area contributed by atoms with Crippen molar-refractivity contribution in [1.29, 1.82) is 0 Å². The third-order valence-electron chi connectivity index (χ3n) is 5.55. The molecule has 2 fully saturated rings. The maximum atomic E-state index is 11.8. The first-order valence-electron chi connectivity index (χ1n) is 7.98. The highest BCUT2D eigenvalue weighted by Crippen LogP contribution is 2.49. The quantitative estimate of drug-likeness (QED) is 0.945. The molecule has 0 amide bonds. The molecule has 0 radical (unpaired) electrons. The van der Waals surface area contributed by atoms with E-state index in [1.807, 2.05) is 18.3 Å². The van der Waals surface area contributed by atoms with Gasteiger partial charge in [-0.05, 0) is 37.8 Å². The largest absolute Gasteiger partial charge is 0.481 e. The number of hydrogen-bond acceptors (Lipinski definition) is 3. The lowest BCUT2D eigenvalue weighted by Crippen LogP contribution is -2.35. The number of carboxylic acids is 1. The number of pyridine rings is 1. The Morgan fingerprint density at radius 2 is 2.36 bits per heavy atom. The fourth-order valence-electron chi connectivity index (χ4n) is 4.48. The molecule has 5 heteroatoms. The van der Waals surface area contributed by atoms with Gasteiger partial charge in [0.15, 0.2) is 0 Å². The van der Waals surface area contributed by atoms with Crippen molar-refractivity contribution < 1.29 is 9.90 Å². The van der Waals surface area contributed by atoms with Gasteiger partial charge in [0.2, 0.25) is 0 Å². The van der Waals surface area contributed by atoms with Gasteiger partial charge in [-0.25, -0.2) is 4.98 Å². The Kier molecular flexibility index (Phi) is 3.01. The van der Waals surface area contributed by atoms with Gasteiger partial charge in [-0.15, -0.1) is 0 Å². The van der Waals surface area contributed by atoms with Crippen molar-refractivity contribution in [3.8, 4) is 0 Å². The van der Waals surface area contributed by atoms with E-state index in [0.717, 1.165) is 49.4 Å². The van der Waals surface area contributed by atoms with Gasteiger partial charge in [0, 0.05) is 25.3 Å². The number of carboxylic acid groups (broad SMARTS) is 1. The molecule has 2 aromatic heterocycles. The summed E-state index contributed by atoms with van der Waals surface area (Å²) in [5.74, 6) is -0.294. The Morgan fingerprint density at radius 1 is 1.50 bits per heavy atom. The highest BCUT2D eigenvalue weighted by Gasteiger charge is 2.54. The van der Waals surface area contributed by atoms with Crippen LogP contribution in [0, 0.1) is 18.3 Å². The second-order valence-corrected chi connectivity index (χ2v) is 6.83. The van der Waals surface area contributed by atoms with Gasteiger partial charge < -0.3 is 9.51 Å². The van der Waals surface area contributed by atoms with Gasteiger partial charge >= 0.3 is 5.97 Å². The van der Waals surface area contributed by atoms with Crippen molar-refractivity contribution >= 4 is 11.6 Å². The minimum absolute atomic E-state index is 0.310. The third kappa shape index (κ3) is 1.88. The average molecular weight is 299 g/mol. The van der Waals surface area contributed by atoms with Crippen LogP contribution in [-0.2, 0) is 11.3 Å². The molecule has 0 spiro atoms. The summed E-state index contributed by atoms with van der Waals surface area (Å²) in [7, 11) is 0. The molecule has 2 atom stereocenters. The van der Waals surface area contributed by atoms with E-state index in [1.54, 1.807) is 0 Å². The SMILES string of the molecule is Cc1cccc2ncc(CN3C[C@@H]4CCC[C@@]4(C(=O)O)C3)n12. The van der Waals surface area contributed by atoms with E-state index < -0.39 is 11.4 Å². The molecule has 0 aromatic carbocycles. The van der Waals surface area contributed by atoms with Crippen molar-refractivity contribution in [2.45, 2.75) is 32.7 Å². The molecule has 116 valence electrons. The lowest BCUT2D eigenvalue weighted by Gasteiger charge is -2.23. The second kappa shape index (κ2) is 4.81.